The van der Waals surface area contributed by atoms with Gasteiger partial charge in [0, 0.05) is 12.1 Å². The van der Waals surface area contributed by atoms with Gasteiger partial charge in [-0.15, -0.1) is 0 Å². The Labute approximate surface area is 250 Å². The molecule has 0 bridgehead atoms. The van der Waals surface area contributed by atoms with E-state index in [2.05, 4.69) is 0 Å². The highest BCUT2D eigenvalue weighted by molar-refractivity contribution is 7.46. The van der Waals surface area contributed by atoms with E-state index in [1.54, 1.807) is 48.5 Å². The molecule has 3 N–H and O–H groups in total. The lowest BCUT2D eigenvalue weighted by Crippen LogP contribution is -2.80. The predicted molar refractivity (Wildman–Crippen MR) is 150 cm³/mol. The Hall–Kier alpha value is -4.59. The van der Waals surface area contributed by atoms with Crippen LogP contribution in [0.3, 0.4) is 0 Å². The number of nitro groups is 1. The smallest absolute Gasteiger partial charge is 0.471 e. The number of phosphoric acid groups is 1. The number of hydrogen-bond donors (Lipinski definition) is 3. The SMILES string of the molecule is C[C@@H](O)[C@@H]1C(=O)N2C(C(=O)OCc3ccccc3)=C(Oc3ccc([N+](=O)[O-])cc3)[C@@](C)(Oc3ccccc3)[C@]12OP(=O)(O)O. The van der Waals surface area contributed by atoms with Crippen molar-refractivity contribution in [3.8, 4) is 11.5 Å². The molecule has 3 aromatic rings. The largest absolute Gasteiger partial charge is 0.474 e. The van der Waals surface area contributed by atoms with Crippen LogP contribution in [-0.4, -0.2) is 54.0 Å². The average Bonchev–Trinajstić information content (AvgIpc) is 3.13. The fourth-order valence-corrected chi connectivity index (χ4v) is 6.17. The number of nitro benzene ring substituents is 1. The first-order valence-corrected chi connectivity index (χ1v) is 14.7. The van der Waals surface area contributed by atoms with Gasteiger partial charge in [0.1, 0.15) is 24.0 Å². The molecule has 2 aliphatic heterocycles. The zero-order chi connectivity index (χ0) is 31.9. The van der Waals surface area contributed by atoms with Gasteiger partial charge in [0.25, 0.3) is 5.69 Å². The number of fused-ring (bicyclic) bond motifs is 1. The number of esters is 1. The molecule has 1 fully saturated rings. The third-order valence-electron chi connectivity index (χ3n) is 7.27. The number of amides is 1. The molecule has 0 aliphatic carbocycles. The summed E-state index contributed by atoms with van der Waals surface area (Å²) in [5.74, 6) is -4.11. The average molecular weight is 627 g/mol. The summed E-state index contributed by atoms with van der Waals surface area (Å²) >= 11 is 0. The topological polar surface area (TPSA) is 195 Å². The van der Waals surface area contributed by atoms with E-state index in [4.69, 9.17) is 18.7 Å². The molecule has 14 nitrogen and oxygen atoms in total. The van der Waals surface area contributed by atoms with E-state index in [-0.39, 0.29) is 23.8 Å². The minimum Gasteiger partial charge on any atom is -0.474 e. The molecule has 0 saturated carbocycles. The summed E-state index contributed by atoms with van der Waals surface area (Å²) < 4.78 is 35.8. The number of carbonyl (C=O) groups excluding carboxylic acids is 2. The number of phosphoric ester groups is 1. The van der Waals surface area contributed by atoms with Crippen LogP contribution in [0.4, 0.5) is 5.69 Å². The number of aliphatic hydroxyl groups is 1. The van der Waals surface area contributed by atoms with Crippen molar-refractivity contribution < 1.29 is 52.7 Å². The van der Waals surface area contributed by atoms with Gasteiger partial charge in [-0.25, -0.2) is 9.36 Å². The second kappa shape index (κ2) is 11.5. The van der Waals surface area contributed by atoms with Crippen molar-refractivity contribution in [1.29, 1.82) is 0 Å². The van der Waals surface area contributed by atoms with Crippen LogP contribution in [0.15, 0.2) is 96.4 Å². The molecule has 4 atom stereocenters. The summed E-state index contributed by atoms with van der Waals surface area (Å²) in [7, 11) is -5.50. The van der Waals surface area contributed by atoms with E-state index in [0.29, 0.717) is 10.5 Å². The Kier molecular flexibility index (Phi) is 8.05. The molecule has 0 aromatic heterocycles. The fourth-order valence-electron chi connectivity index (χ4n) is 5.44. The number of para-hydroxylation sites is 1. The van der Waals surface area contributed by atoms with Crippen LogP contribution in [0.25, 0.3) is 0 Å². The Morgan fingerprint density at radius 3 is 2.16 bits per heavy atom. The highest BCUT2D eigenvalue weighted by Crippen LogP contribution is 2.64. The third-order valence-corrected chi connectivity index (χ3v) is 7.79. The zero-order valence-electron chi connectivity index (χ0n) is 23.3. The lowest BCUT2D eigenvalue weighted by molar-refractivity contribution is -0.384. The van der Waals surface area contributed by atoms with Gasteiger partial charge in [0.2, 0.25) is 17.2 Å². The molecule has 2 heterocycles. The Morgan fingerprint density at radius 2 is 1.61 bits per heavy atom. The molecule has 2 aliphatic rings. The summed E-state index contributed by atoms with van der Waals surface area (Å²) in [4.78, 5) is 58.9. The predicted octanol–water partition coefficient (Wildman–Crippen LogP) is 3.42. The number of β-lactam (4-membered cyclic amide) rings is 1. The third kappa shape index (κ3) is 5.34. The number of nitrogens with zero attached hydrogens (tertiary/aromatic N) is 2. The van der Waals surface area contributed by atoms with Gasteiger partial charge >= 0.3 is 13.8 Å². The van der Waals surface area contributed by atoms with Gasteiger partial charge in [-0.1, -0.05) is 48.5 Å². The first-order chi connectivity index (χ1) is 20.8. The first-order valence-electron chi connectivity index (χ1n) is 13.2. The highest BCUT2D eigenvalue weighted by Gasteiger charge is 2.82. The van der Waals surface area contributed by atoms with Crippen LogP contribution < -0.4 is 9.47 Å². The van der Waals surface area contributed by atoms with Crippen LogP contribution in [-0.2, 0) is 30.0 Å². The standard InChI is InChI=1S/C29H27N2O12P/c1-18(32)23-26(33)30-24(27(34)40-17-19-9-5-3-6-10-19)25(41-21-15-13-20(14-16-21)31(35)36)28(2,29(23,30)43-44(37,38)39)42-22-11-7-4-8-12-22/h3-16,18,23,32H,17H2,1-2H3,(H2,37,38,39)/t18-,23-,28-,29-/m1/s1. The van der Waals surface area contributed by atoms with E-state index in [9.17, 15) is 39.2 Å². The van der Waals surface area contributed by atoms with Gasteiger partial charge in [0.05, 0.1) is 11.0 Å². The van der Waals surface area contributed by atoms with Crippen LogP contribution in [0.1, 0.15) is 19.4 Å². The minimum absolute atomic E-state index is 0.0586. The first kappa shape index (κ1) is 30.9. The molecule has 1 saturated heterocycles. The molecule has 44 heavy (non-hydrogen) atoms. The highest BCUT2D eigenvalue weighted by atomic mass is 31.2. The lowest BCUT2D eigenvalue weighted by Gasteiger charge is -2.58. The molecule has 0 spiro atoms. The van der Waals surface area contributed by atoms with Crippen molar-refractivity contribution in [3.63, 3.8) is 0 Å². The van der Waals surface area contributed by atoms with Crippen LogP contribution in [0, 0.1) is 16.0 Å². The van der Waals surface area contributed by atoms with Crippen molar-refractivity contribution in [1.82, 2.24) is 4.90 Å². The van der Waals surface area contributed by atoms with Crippen molar-refractivity contribution in [2.75, 3.05) is 0 Å². The van der Waals surface area contributed by atoms with Crippen molar-refractivity contribution >= 4 is 25.4 Å². The monoisotopic (exact) mass is 626 g/mol. The molecule has 230 valence electrons. The molecule has 5 rings (SSSR count). The Bertz CT molecular complexity index is 1660. The van der Waals surface area contributed by atoms with Gasteiger partial charge in [-0.3, -0.25) is 24.3 Å². The Balaban J connectivity index is 1.72. The van der Waals surface area contributed by atoms with Gasteiger partial charge in [-0.2, -0.15) is 0 Å². The summed E-state index contributed by atoms with van der Waals surface area (Å²) in [6, 6.07) is 21.2. The quantitative estimate of drug-likeness (QED) is 0.0924. The number of carbonyl (C=O) groups is 2. The number of ether oxygens (including phenoxy) is 3. The Morgan fingerprint density at radius 1 is 1.02 bits per heavy atom. The molecule has 3 aromatic carbocycles. The minimum atomic E-state index is -5.50. The van der Waals surface area contributed by atoms with Gasteiger partial charge in [0.15, 0.2) is 11.5 Å². The number of hydrogen-bond acceptors (Lipinski definition) is 10. The molecular formula is C29H27N2O12P. The number of rotatable bonds is 11. The van der Waals surface area contributed by atoms with Crippen molar-refractivity contribution in [2.24, 2.45) is 5.92 Å². The maximum atomic E-state index is 13.8. The summed E-state index contributed by atoms with van der Waals surface area (Å²) in [6.45, 7) is 2.25. The zero-order valence-corrected chi connectivity index (χ0v) is 24.2. The second-order valence-corrected chi connectivity index (χ2v) is 11.4. The lowest BCUT2D eigenvalue weighted by atomic mass is 9.72. The van der Waals surface area contributed by atoms with Gasteiger partial charge < -0.3 is 29.1 Å². The van der Waals surface area contributed by atoms with Crippen LogP contribution in [0.2, 0.25) is 0 Å². The van der Waals surface area contributed by atoms with Crippen molar-refractivity contribution in [3.05, 3.63) is 112 Å². The van der Waals surface area contributed by atoms with E-state index in [1.807, 2.05) is 0 Å². The molecule has 15 heteroatoms. The second-order valence-electron chi connectivity index (χ2n) is 10.2. The molecule has 0 radical (unpaired) electrons. The molecular weight excluding hydrogens is 599 g/mol. The van der Waals surface area contributed by atoms with E-state index < -0.39 is 59.4 Å². The van der Waals surface area contributed by atoms with Crippen molar-refractivity contribution in [2.45, 2.75) is 37.9 Å². The summed E-state index contributed by atoms with van der Waals surface area (Å²) in [5.41, 5.74) is -5.03. The van der Waals surface area contributed by atoms with Gasteiger partial charge in [-0.05, 0) is 43.7 Å². The van der Waals surface area contributed by atoms with Crippen LogP contribution in [0.5, 0.6) is 11.5 Å². The normalized spacial score (nSPS) is 23.4. The fraction of sp³-hybridized carbons (Fsp3) is 0.241. The molecule has 1 amide bonds. The summed E-state index contributed by atoms with van der Waals surface area (Å²) in [6.07, 6.45) is -1.55. The maximum absolute atomic E-state index is 13.8. The van der Waals surface area contributed by atoms with E-state index in [0.717, 1.165) is 12.1 Å². The maximum Gasteiger partial charge on any atom is 0.471 e. The van der Waals surface area contributed by atoms with Crippen LogP contribution >= 0.6 is 7.82 Å². The molecule has 0 unspecified atom stereocenters. The number of non-ortho nitro benzene ring substituents is 1. The van der Waals surface area contributed by atoms with E-state index >= 15 is 0 Å². The van der Waals surface area contributed by atoms with E-state index in [1.165, 1.54) is 38.1 Å². The number of benzene rings is 3. The summed E-state index contributed by atoms with van der Waals surface area (Å²) in [5, 5.41) is 21.9. The number of aliphatic hydroxyl groups excluding tert-OH is 1.